The van der Waals surface area contributed by atoms with E-state index in [0.29, 0.717) is 0 Å². The molecule has 0 aromatic heterocycles. The molecular weight excluding hydrogens is 180 g/mol. The lowest BCUT2D eigenvalue weighted by Crippen LogP contribution is -2.54. The Morgan fingerprint density at radius 1 is 1.38 bits per heavy atom. The predicted molar refractivity (Wildman–Crippen MR) is 39.5 cm³/mol. The van der Waals surface area contributed by atoms with Gasteiger partial charge in [-0.1, -0.05) is 0 Å². The first-order chi connectivity index (χ1) is 6.02. The van der Waals surface area contributed by atoms with Gasteiger partial charge in [0.1, 0.15) is 12.2 Å². The van der Waals surface area contributed by atoms with Crippen molar-refractivity contribution in [2.75, 3.05) is 6.61 Å². The lowest BCUT2D eigenvalue weighted by Gasteiger charge is -2.34. The topological polar surface area (TPSA) is 96.2 Å². The molecule has 1 rings (SSSR count). The minimum atomic E-state index is -1.45. The average Bonchev–Trinajstić information content (AvgIpc) is 2.06. The Kier molecular flexibility index (Phi) is 3.21. The van der Waals surface area contributed by atoms with Crippen LogP contribution in [0.2, 0.25) is 0 Å². The SMILES string of the molecule is CC(=O)O[C@H]1CO[C@H](O)[C@H](O)[C@H]1O. The van der Waals surface area contributed by atoms with Gasteiger partial charge in [0.25, 0.3) is 0 Å². The summed E-state index contributed by atoms with van der Waals surface area (Å²) in [5, 5.41) is 27.3. The van der Waals surface area contributed by atoms with E-state index in [0.717, 1.165) is 0 Å². The van der Waals surface area contributed by atoms with Crippen LogP contribution in [0, 0.1) is 0 Å². The lowest BCUT2D eigenvalue weighted by molar-refractivity contribution is -0.256. The van der Waals surface area contributed by atoms with Gasteiger partial charge in [0.05, 0.1) is 6.61 Å². The van der Waals surface area contributed by atoms with Gasteiger partial charge in [-0.05, 0) is 0 Å². The molecule has 0 bridgehead atoms. The highest BCUT2D eigenvalue weighted by atomic mass is 16.6. The number of hydrogen-bond acceptors (Lipinski definition) is 6. The number of esters is 1. The normalized spacial score (nSPS) is 40.0. The number of ether oxygens (including phenoxy) is 2. The van der Waals surface area contributed by atoms with E-state index in [2.05, 4.69) is 9.47 Å². The lowest BCUT2D eigenvalue weighted by atomic mass is 10.1. The smallest absolute Gasteiger partial charge is 0.303 e. The van der Waals surface area contributed by atoms with Crippen molar-refractivity contribution < 1.29 is 29.6 Å². The van der Waals surface area contributed by atoms with Gasteiger partial charge in [-0.2, -0.15) is 0 Å². The van der Waals surface area contributed by atoms with Crippen molar-refractivity contribution in [2.45, 2.75) is 31.5 Å². The summed E-state index contributed by atoms with van der Waals surface area (Å²) in [6.45, 7) is 1.06. The van der Waals surface area contributed by atoms with Crippen molar-refractivity contribution in [1.29, 1.82) is 0 Å². The maximum absolute atomic E-state index is 10.5. The fourth-order valence-electron chi connectivity index (χ4n) is 1.10. The molecule has 1 saturated heterocycles. The van der Waals surface area contributed by atoms with E-state index >= 15 is 0 Å². The van der Waals surface area contributed by atoms with Crippen LogP contribution in [0.5, 0.6) is 0 Å². The van der Waals surface area contributed by atoms with Gasteiger partial charge in [0, 0.05) is 6.92 Å². The Balaban J connectivity index is 2.53. The predicted octanol–water partition coefficient (Wildman–Crippen LogP) is -2.01. The number of aliphatic hydroxyl groups is 3. The van der Waals surface area contributed by atoms with Gasteiger partial charge >= 0.3 is 5.97 Å². The molecule has 0 aliphatic carbocycles. The summed E-state index contributed by atoms with van der Waals surface area (Å²) >= 11 is 0. The second-order valence-electron chi connectivity index (χ2n) is 2.85. The van der Waals surface area contributed by atoms with Crippen LogP contribution in [0.1, 0.15) is 6.92 Å². The second kappa shape index (κ2) is 4.01. The monoisotopic (exact) mass is 192 g/mol. The second-order valence-corrected chi connectivity index (χ2v) is 2.85. The van der Waals surface area contributed by atoms with Crippen molar-refractivity contribution in [1.82, 2.24) is 0 Å². The standard InChI is InChI=1S/C7H12O6/c1-3(8)13-4-2-12-7(11)6(10)5(4)9/h4-7,9-11H,2H2,1H3/t4-,5-,6+,7-/m0/s1. The fraction of sp³-hybridized carbons (Fsp3) is 0.857. The maximum Gasteiger partial charge on any atom is 0.303 e. The van der Waals surface area contributed by atoms with Crippen LogP contribution in [0.25, 0.3) is 0 Å². The number of carbonyl (C=O) groups is 1. The third-order valence-corrected chi connectivity index (χ3v) is 1.77. The molecule has 1 fully saturated rings. The van der Waals surface area contributed by atoms with E-state index in [1.54, 1.807) is 0 Å². The quantitative estimate of drug-likeness (QED) is 0.415. The van der Waals surface area contributed by atoms with E-state index in [-0.39, 0.29) is 6.61 Å². The van der Waals surface area contributed by atoms with Crippen LogP contribution >= 0.6 is 0 Å². The Morgan fingerprint density at radius 2 is 2.00 bits per heavy atom. The van der Waals surface area contributed by atoms with Crippen LogP contribution in [-0.2, 0) is 14.3 Å². The largest absolute Gasteiger partial charge is 0.457 e. The number of rotatable bonds is 1. The first kappa shape index (κ1) is 10.4. The molecule has 1 aliphatic heterocycles. The first-order valence-electron chi connectivity index (χ1n) is 3.85. The van der Waals surface area contributed by atoms with Gasteiger partial charge in [-0.25, -0.2) is 0 Å². The molecule has 6 nitrogen and oxygen atoms in total. The molecule has 0 spiro atoms. The summed E-state index contributed by atoms with van der Waals surface area (Å²) in [5.74, 6) is -0.573. The molecule has 0 aromatic rings. The molecule has 1 aliphatic rings. The van der Waals surface area contributed by atoms with Crippen LogP contribution < -0.4 is 0 Å². The van der Waals surface area contributed by atoms with Crippen LogP contribution in [-0.4, -0.2) is 52.5 Å². The minimum Gasteiger partial charge on any atom is -0.457 e. The third-order valence-electron chi connectivity index (χ3n) is 1.77. The fourth-order valence-corrected chi connectivity index (χ4v) is 1.10. The molecule has 6 heteroatoms. The van der Waals surface area contributed by atoms with Crippen molar-refractivity contribution >= 4 is 5.97 Å². The summed E-state index contributed by atoms with van der Waals surface area (Å²) in [6, 6.07) is 0. The van der Waals surface area contributed by atoms with Crippen molar-refractivity contribution in [3.63, 3.8) is 0 Å². The van der Waals surface area contributed by atoms with E-state index in [1.165, 1.54) is 6.92 Å². The van der Waals surface area contributed by atoms with Crippen LogP contribution in [0.15, 0.2) is 0 Å². The summed E-state index contributed by atoms with van der Waals surface area (Å²) < 4.78 is 9.28. The van der Waals surface area contributed by atoms with Gasteiger partial charge in [0.15, 0.2) is 12.4 Å². The van der Waals surface area contributed by atoms with Gasteiger partial charge in [-0.15, -0.1) is 0 Å². The number of hydrogen-bond donors (Lipinski definition) is 3. The van der Waals surface area contributed by atoms with E-state index < -0.39 is 30.6 Å². The molecule has 76 valence electrons. The molecule has 0 amide bonds. The first-order valence-corrected chi connectivity index (χ1v) is 3.85. The Hall–Kier alpha value is -0.690. The zero-order chi connectivity index (χ0) is 10.0. The van der Waals surface area contributed by atoms with Crippen molar-refractivity contribution in [3.05, 3.63) is 0 Å². The Labute approximate surface area is 74.7 Å². The Bertz CT molecular complexity index is 193. The molecule has 1 heterocycles. The summed E-state index contributed by atoms with van der Waals surface area (Å²) in [4.78, 5) is 10.5. The van der Waals surface area contributed by atoms with Crippen LogP contribution in [0.4, 0.5) is 0 Å². The zero-order valence-corrected chi connectivity index (χ0v) is 7.08. The summed E-state index contributed by atoms with van der Waals surface area (Å²) in [5.41, 5.74) is 0. The highest BCUT2D eigenvalue weighted by Crippen LogP contribution is 2.16. The summed E-state index contributed by atoms with van der Waals surface area (Å²) in [6.07, 6.45) is -5.11. The summed E-state index contributed by atoms with van der Waals surface area (Å²) in [7, 11) is 0. The van der Waals surface area contributed by atoms with Gasteiger partial charge in [0.2, 0.25) is 0 Å². The molecule has 0 radical (unpaired) electrons. The average molecular weight is 192 g/mol. The van der Waals surface area contributed by atoms with Crippen molar-refractivity contribution in [3.8, 4) is 0 Å². The van der Waals surface area contributed by atoms with E-state index in [4.69, 9.17) is 10.2 Å². The molecule has 0 aromatic carbocycles. The molecule has 13 heavy (non-hydrogen) atoms. The highest BCUT2D eigenvalue weighted by Gasteiger charge is 2.39. The Morgan fingerprint density at radius 3 is 2.54 bits per heavy atom. The maximum atomic E-state index is 10.5. The third kappa shape index (κ3) is 2.38. The van der Waals surface area contributed by atoms with Crippen LogP contribution in [0.3, 0.4) is 0 Å². The molecule has 0 saturated carbocycles. The number of carbonyl (C=O) groups excluding carboxylic acids is 1. The van der Waals surface area contributed by atoms with Crippen molar-refractivity contribution in [2.24, 2.45) is 0 Å². The molecule has 0 unspecified atom stereocenters. The highest BCUT2D eigenvalue weighted by molar-refractivity contribution is 5.66. The van der Waals surface area contributed by atoms with E-state index in [1.807, 2.05) is 0 Å². The molecule has 3 N–H and O–H groups in total. The zero-order valence-electron chi connectivity index (χ0n) is 7.08. The van der Waals surface area contributed by atoms with Gasteiger partial charge in [-0.3, -0.25) is 4.79 Å². The van der Waals surface area contributed by atoms with E-state index in [9.17, 15) is 9.90 Å². The molecule has 4 atom stereocenters. The van der Waals surface area contributed by atoms with Gasteiger partial charge < -0.3 is 24.8 Å². The number of aliphatic hydroxyl groups excluding tert-OH is 3. The molecular formula is C7H12O6. The minimum absolute atomic E-state index is 0.126.